The first kappa shape index (κ1) is 14.8. The van der Waals surface area contributed by atoms with Crippen molar-refractivity contribution in [2.75, 3.05) is 12.3 Å². The van der Waals surface area contributed by atoms with Gasteiger partial charge in [0.25, 0.3) is 5.91 Å². The molecule has 21 heavy (non-hydrogen) atoms. The summed E-state index contributed by atoms with van der Waals surface area (Å²) in [6, 6.07) is 4.08. The van der Waals surface area contributed by atoms with Crippen LogP contribution in [0.25, 0.3) is 0 Å². The molecule has 0 aliphatic heterocycles. The number of anilines is 1. The van der Waals surface area contributed by atoms with Crippen LogP contribution in [0.1, 0.15) is 15.9 Å². The van der Waals surface area contributed by atoms with Gasteiger partial charge in [0.15, 0.2) is 0 Å². The van der Waals surface area contributed by atoms with E-state index in [1.165, 1.54) is 12.1 Å². The van der Waals surface area contributed by atoms with E-state index >= 15 is 0 Å². The predicted octanol–water partition coefficient (Wildman–Crippen LogP) is 2.05. The van der Waals surface area contributed by atoms with E-state index in [1.54, 1.807) is 0 Å². The van der Waals surface area contributed by atoms with Crippen molar-refractivity contribution in [2.24, 2.45) is 0 Å². The second-order valence-corrected chi connectivity index (χ2v) is 4.37. The van der Waals surface area contributed by atoms with E-state index in [-0.39, 0.29) is 24.3 Å². The van der Waals surface area contributed by atoms with Gasteiger partial charge < -0.3 is 11.1 Å². The van der Waals surface area contributed by atoms with Gasteiger partial charge in [0.05, 0.1) is 11.8 Å². The molecular formula is C14H12F3N3O. The first-order valence-corrected chi connectivity index (χ1v) is 6.10. The van der Waals surface area contributed by atoms with E-state index in [9.17, 15) is 18.0 Å². The topological polar surface area (TPSA) is 68.0 Å². The van der Waals surface area contributed by atoms with Crippen LogP contribution in [0.5, 0.6) is 0 Å². The third-order valence-electron chi connectivity index (χ3n) is 2.75. The minimum absolute atomic E-state index is 0.0829. The first-order chi connectivity index (χ1) is 9.95. The quantitative estimate of drug-likeness (QED) is 0.907. The average molecular weight is 295 g/mol. The van der Waals surface area contributed by atoms with Crippen molar-refractivity contribution in [3.63, 3.8) is 0 Å². The van der Waals surface area contributed by atoms with Crippen molar-refractivity contribution < 1.29 is 18.0 Å². The summed E-state index contributed by atoms with van der Waals surface area (Å²) >= 11 is 0. The van der Waals surface area contributed by atoms with E-state index < -0.39 is 23.4 Å². The molecule has 0 bridgehead atoms. The summed E-state index contributed by atoms with van der Waals surface area (Å²) < 4.78 is 39.0. The number of hydrogen-bond acceptors (Lipinski definition) is 3. The van der Waals surface area contributed by atoms with Gasteiger partial charge in [-0.1, -0.05) is 0 Å². The summed E-state index contributed by atoms with van der Waals surface area (Å²) in [6.45, 7) is 0.123. The lowest BCUT2D eigenvalue weighted by atomic mass is 10.1. The normalized spacial score (nSPS) is 10.4. The van der Waals surface area contributed by atoms with Gasteiger partial charge in [-0.25, -0.2) is 18.2 Å². The number of nitrogens with one attached hydrogen (secondary N) is 1. The number of aromatic nitrogens is 1. The van der Waals surface area contributed by atoms with Crippen LogP contribution in [0.4, 0.5) is 19.0 Å². The molecule has 1 aromatic heterocycles. The highest BCUT2D eigenvalue weighted by molar-refractivity contribution is 5.98. The van der Waals surface area contributed by atoms with Crippen LogP contribution >= 0.6 is 0 Å². The molecule has 2 aromatic rings. The van der Waals surface area contributed by atoms with Gasteiger partial charge in [-0.3, -0.25) is 4.79 Å². The zero-order valence-electron chi connectivity index (χ0n) is 10.9. The number of carbonyl (C=O) groups excluding carboxylic acids is 1. The maximum Gasteiger partial charge on any atom is 0.255 e. The molecule has 0 aliphatic carbocycles. The van der Waals surface area contributed by atoms with E-state index in [0.29, 0.717) is 5.56 Å². The summed E-state index contributed by atoms with van der Waals surface area (Å²) in [5.74, 6) is -2.74. The van der Waals surface area contributed by atoms with E-state index in [4.69, 9.17) is 5.73 Å². The third-order valence-corrected chi connectivity index (χ3v) is 2.75. The maximum absolute atomic E-state index is 13.0. The number of halogens is 3. The third kappa shape index (κ3) is 3.95. The van der Waals surface area contributed by atoms with Crippen LogP contribution in [0.2, 0.25) is 0 Å². The zero-order chi connectivity index (χ0) is 15.4. The molecule has 1 amide bonds. The van der Waals surface area contributed by atoms with E-state index in [1.807, 2.05) is 0 Å². The first-order valence-electron chi connectivity index (χ1n) is 6.10. The Bertz CT molecular complexity index is 656. The Hall–Kier alpha value is -2.57. The van der Waals surface area contributed by atoms with Crippen molar-refractivity contribution in [3.05, 3.63) is 59.0 Å². The number of pyridine rings is 1. The molecule has 0 radical (unpaired) electrons. The number of carbonyl (C=O) groups is 1. The Morgan fingerprint density at radius 2 is 1.76 bits per heavy atom. The minimum Gasteiger partial charge on any atom is -0.383 e. The average Bonchev–Trinajstić information content (AvgIpc) is 2.40. The summed E-state index contributed by atoms with van der Waals surface area (Å²) in [6.07, 6.45) is 1.13. The molecule has 0 fully saturated rings. The maximum atomic E-state index is 13.0. The van der Waals surface area contributed by atoms with Crippen LogP contribution in [-0.2, 0) is 6.42 Å². The summed E-state index contributed by atoms with van der Waals surface area (Å²) in [5.41, 5.74) is 5.79. The predicted molar refractivity (Wildman–Crippen MR) is 71.0 cm³/mol. The molecule has 4 nitrogen and oxygen atoms in total. The molecule has 1 heterocycles. The van der Waals surface area contributed by atoms with E-state index in [2.05, 4.69) is 10.3 Å². The molecule has 0 spiro atoms. The van der Waals surface area contributed by atoms with Gasteiger partial charge >= 0.3 is 0 Å². The number of nitrogen functional groups attached to an aromatic ring is 1. The van der Waals surface area contributed by atoms with E-state index in [0.717, 1.165) is 18.3 Å². The number of benzene rings is 1. The van der Waals surface area contributed by atoms with Crippen LogP contribution in [0.3, 0.4) is 0 Å². The summed E-state index contributed by atoms with van der Waals surface area (Å²) in [4.78, 5) is 15.3. The molecule has 0 aliphatic rings. The lowest BCUT2D eigenvalue weighted by Gasteiger charge is -2.07. The standard InChI is InChI=1S/C14H12F3N3O/c15-9-3-8(4-10(16)5-9)1-2-19-14(21)12-6-11(17)7-20-13(12)18/h3-7H,1-2H2,(H2,18,20)(H,19,21). The Balaban J connectivity index is 1.96. The highest BCUT2D eigenvalue weighted by Crippen LogP contribution is 2.10. The molecule has 0 saturated carbocycles. The van der Waals surface area contributed by atoms with Gasteiger partial charge in [0.2, 0.25) is 0 Å². The molecule has 3 N–H and O–H groups in total. The number of hydrogen-bond donors (Lipinski definition) is 2. The number of amides is 1. The molecule has 1 aromatic carbocycles. The molecular weight excluding hydrogens is 283 g/mol. The smallest absolute Gasteiger partial charge is 0.255 e. The molecule has 7 heteroatoms. The lowest BCUT2D eigenvalue weighted by Crippen LogP contribution is -2.27. The van der Waals surface area contributed by atoms with Gasteiger partial charge in [0, 0.05) is 12.6 Å². The number of rotatable bonds is 4. The summed E-state index contributed by atoms with van der Waals surface area (Å²) in [7, 11) is 0. The Morgan fingerprint density at radius 1 is 1.10 bits per heavy atom. The van der Waals surface area contributed by atoms with Crippen LogP contribution in [0, 0.1) is 17.5 Å². The van der Waals surface area contributed by atoms with Gasteiger partial charge in [-0.2, -0.15) is 0 Å². The lowest BCUT2D eigenvalue weighted by molar-refractivity contribution is 0.0954. The molecule has 0 atom stereocenters. The van der Waals surface area contributed by atoms with Gasteiger partial charge in [0.1, 0.15) is 23.3 Å². The van der Waals surface area contributed by atoms with Crippen molar-refractivity contribution in [2.45, 2.75) is 6.42 Å². The zero-order valence-corrected chi connectivity index (χ0v) is 10.9. The van der Waals surface area contributed by atoms with Gasteiger partial charge in [-0.15, -0.1) is 0 Å². The Labute approximate surface area is 118 Å². The Kier molecular flexibility index (Phi) is 4.42. The molecule has 0 unspecified atom stereocenters. The minimum atomic E-state index is -0.685. The second kappa shape index (κ2) is 6.25. The second-order valence-electron chi connectivity index (χ2n) is 4.37. The van der Waals surface area contributed by atoms with Crippen LogP contribution in [0.15, 0.2) is 30.5 Å². The van der Waals surface area contributed by atoms with Crippen molar-refractivity contribution in [1.82, 2.24) is 10.3 Å². The largest absolute Gasteiger partial charge is 0.383 e. The molecule has 0 saturated heterocycles. The highest BCUT2D eigenvalue weighted by atomic mass is 19.1. The fourth-order valence-electron chi connectivity index (χ4n) is 1.80. The van der Waals surface area contributed by atoms with Gasteiger partial charge in [-0.05, 0) is 30.2 Å². The van der Waals surface area contributed by atoms with Crippen molar-refractivity contribution in [3.8, 4) is 0 Å². The fraction of sp³-hybridized carbons (Fsp3) is 0.143. The van der Waals surface area contributed by atoms with Crippen molar-refractivity contribution >= 4 is 11.7 Å². The number of nitrogens with two attached hydrogens (primary N) is 1. The fourth-order valence-corrected chi connectivity index (χ4v) is 1.80. The molecule has 2 rings (SSSR count). The highest BCUT2D eigenvalue weighted by Gasteiger charge is 2.11. The van der Waals surface area contributed by atoms with Crippen LogP contribution in [-0.4, -0.2) is 17.4 Å². The van der Waals surface area contributed by atoms with Crippen LogP contribution < -0.4 is 11.1 Å². The number of nitrogens with zero attached hydrogens (tertiary/aromatic N) is 1. The SMILES string of the molecule is Nc1ncc(F)cc1C(=O)NCCc1cc(F)cc(F)c1. The van der Waals surface area contributed by atoms with Crippen molar-refractivity contribution in [1.29, 1.82) is 0 Å². The Morgan fingerprint density at radius 3 is 2.43 bits per heavy atom. The molecule has 110 valence electrons. The summed E-state index contributed by atoms with van der Waals surface area (Å²) in [5, 5.41) is 2.48. The monoisotopic (exact) mass is 295 g/mol.